The van der Waals surface area contributed by atoms with Gasteiger partial charge >= 0.3 is 0 Å². The van der Waals surface area contributed by atoms with Crippen LogP contribution in [-0.4, -0.2) is 24.5 Å². The van der Waals surface area contributed by atoms with Crippen LogP contribution < -0.4 is 16.0 Å². The van der Waals surface area contributed by atoms with Crippen molar-refractivity contribution in [2.75, 3.05) is 29.5 Å². The minimum absolute atomic E-state index is 0.199. The van der Waals surface area contributed by atoms with Crippen LogP contribution in [0.15, 0.2) is 24.3 Å². The van der Waals surface area contributed by atoms with E-state index in [-0.39, 0.29) is 17.5 Å². The minimum atomic E-state index is -0.346. The summed E-state index contributed by atoms with van der Waals surface area (Å²) in [6, 6.07) is 5.68. The molecule has 0 aliphatic heterocycles. The number of nitrogen functional groups attached to an aromatic ring is 1. The molecule has 0 saturated heterocycles. The molecule has 2 rings (SSSR count). The predicted molar refractivity (Wildman–Crippen MR) is 79.8 cm³/mol. The topological polar surface area (TPSA) is 71.2 Å². The molecule has 0 atom stereocenters. The molecule has 2 aromatic rings. The Bertz CT molecular complexity index is 611. The SMILES string of the molecule is CCNc1nc(N)c(C(=O)N(C)c2ccc(F)cc2)s1. The molecular weight excluding hydrogens is 279 g/mol. The maximum absolute atomic E-state index is 12.9. The molecule has 1 aromatic carbocycles. The van der Waals surface area contributed by atoms with E-state index in [1.807, 2.05) is 6.92 Å². The maximum atomic E-state index is 12.9. The summed E-state index contributed by atoms with van der Waals surface area (Å²) < 4.78 is 12.9. The summed E-state index contributed by atoms with van der Waals surface area (Å²) >= 11 is 1.21. The van der Waals surface area contributed by atoms with Crippen LogP contribution in [0.1, 0.15) is 16.6 Å². The number of thiazole rings is 1. The number of rotatable bonds is 4. The van der Waals surface area contributed by atoms with Crippen molar-refractivity contribution in [1.82, 2.24) is 4.98 Å². The molecular formula is C13H15FN4OS. The molecule has 1 aromatic heterocycles. The summed E-state index contributed by atoms with van der Waals surface area (Å²) in [4.78, 5) is 18.2. The smallest absolute Gasteiger partial charge is 0.272 e. The van der Waals surface area contributed by atoms with E-state index >= 15 is 0 Å². The van der Waals surface area contributed by atoms with Crippen molar-refractivity contribution in [3.8, 4) is 0 Å². The Hall–Kier alpha value is -2.15. The second kappa shape index (κ2) is 5.87. The van der Waals surface area contributed by atoms with E-state index in [2.05, 4.69) is 10.3 Å². The summed E-state index contributed by atoms with van der Waals surface area (Å²) in [5.74, 6) is -0.415. The van der Waals surface area contributed by atoms with Crippen molar-refractivity contribution in [2.45, 2.75) is 6.92 Å². The monoisotopic (exact) mass is 294 g/mol. The Morgan fingerprint density at radius 1 is 1.45 bits per heavy atom. The fourth-order valence-electron chi connectivity index (χ4n) is 1.65. The first kappa shape index (κ1) is 14.3. The first-order valence-electron chi connectivity index (χ1n) is 6.06. The second-order valence-electron chi connectivity index (χ2n) is 4.10. The van der Waals surface area contributed by atoms with Gasteiger partial charge in [-0.15, -0.1) is 0 Å². The number of amides is 1. The van der Waals surface area contributed by atoms with Gasteiger partial charge in [-0.2, -0.15) is 0 Å². The molecule has 20 heavy (non-hydrogen) atoms. The zero-order valence-electron chi connectivity index (χ0n) is 11.2. The molecule has 0 radical (unpaired) electrons. The molecule has 3 N–H and O–H groups in total. The van der Waals surface area contributed by atoms with E-state index in [1.165, 1.54) is 40.5 Å². The number of anilines is 3. The lowest BCUT2D eigenvalue weighted by Gasteiger charge is -2.16. The summed E-state index contributed by atoms with van der Waals surface area (Å²) in [5.41, 5.74) is 6.36. The first-order valence-corrected chi connectivity index (χ1v) is 6.88. The van der Waals surface area contributed by atoms with Crippen molar-refractivity contribution in [3.63, 3.8) is 0 Å². The van der Waals surface area contributed by atoms with Gasteiger partial charge in [0.2, 0.25) is 0 Å². The Morgan fingerprint density at radius 2 is 2.10 bits per heavy atom. The van der Waals surface area contributed by atoms with Crippen LogP contribution in [0.4, 0.5) is 21.0 Å². The molecule has 0 aliphatic carbocycles. The van der Waals surface area contributed by atoms with Crippen LogP contribution in [0, 0.1) is 5.82 Å². The van der Waals surface area contributed by atoms with Gasteiger partial charge in [0.15, 0.2) is 5.13 Å². The van der Waals surface area contributed by atoms with E-state index in [0.29, 0.717) is 22.2 Å². The lowest BCUT2D eigenvalue weighted by atomic mass is 10.3. The van der Waals surface area contributed by atoms with Crippen molar-refractivity contribution >= 4 is 33.9 Å². The van der Waals surface area contributed by atoms with Crippen LogP contribution in [0.5, 0.6) is 0 Å². The number of carbonyl (C=O) groups excluding carboxylic acids is 1. The summed E-state index contributed by atoms with van der Waals surface area (Å²) in [6.45, 7) is 2.64. The summed E-state index contributed by atoms with van der Waals surface area (Å²) in [6.07, 6.45) is 0. The van der Waals surface area contributed by atoms with Crippen molar-refractivity contribution < 1.29 is 9.18 Å². The lowest BCUT2D eigenvalue weighted by molar-refractivity contribution is 0.0997. The third-order valence-corrected chi connectivity index (χ3v) is 3.71. The predicted octanol–water partition coefficient (Wildman–Crippen LogP) is 2.57. The van der Waals surface area contributed by atoms with E-state index in [9.17, 15) is 9.18 Å². The van der Waals surface area contributed by atoms with Gasteiger partial charge in [0.25, 0.3) is 5.91 Å². The third-order valence-electron chi connectivity index (χ3n) is 2.69. The number of hydrogen-bond donors (Lipinski definition) is 2. The Labute approximate surface area is 120 Å². The number of aromatic nitrogens is 1. The quantitative estimate of drug-likeness (QED) is 0.909. The molecule has 0 fully saturated rings. The van der Waals surface area contributed by atoms with E-state index < -0.39 is 0 Å². The Morgan fingerprint density at radius 3 is 2.70 bits per heavy atom. The van der Waals surface area contributed by atoms with Crippen LogP contribution in [0.2, 0.25) is 0 Å². The Kier molecular flexibility index (Phi) is 4.19. The van der Waals surface area contributed by atoms with Gasteiger partial charge in [-0.05, 0) is 31.2 Å². The lowest BCUT2D eigenvalue weighted by Crippen LogP contribution is -2.26. The highest BCUT2D eigenvalue weighted by molar-refractivity contribution is 7.18. The summed E-state index contributed by atoms with van der Waals surface area (Å²) in [5, 5.41) is 3.63. The van der Waals surface area contributed by atoms with Crippen molar-refractivity contribution in [3.05, 3.63) is 35.0 Å². The molecule has 1 heterocycles. The molecule has 0 saturated carbocycles. The van der Waals surface area contributed by atoms with Gasteiger partial charge in [-0.25, -0.2) is 9.37 Å². The fourth-order valence-corrected chi connectivity index (χ4v) is 2.57. The molecule has 106 valence electrons. The van der Waals surface area contributed by atoms with Gasteiger partial charge < -0.3 is 16.0 Å². The van der Waals surface area contributed by atoms with Crippen molar-refractivity contribution in [2.24, 2.45) is 0 Å². The van der Waals surface area contributed by atoms with Crippen LogP contribution in [0.3, 0.4) is 0 Å². The van der Waals surface area contributed by atoms with Gasteiger partial charge in [-0.1, -0.05) is 11.3 Å². The van der Waals surface area contributed by atoms with Gasteiger partial charge in [-0.3, -0.25) is 4.79 Å². The average molecular weight is 294 g/mol. The third kappa shape index (κ3) is 2.88. The number of nitrogens with one attached hydrogen (secondary N) is 1. The molecule has 5 nitrogen and oxygen atoms in total. The maximum Gasteiger partial charge on any atom is 0.272 e. The molecule has 0 bridgehead atoms. The van der Waals surface area contributed by atoms with E-state index in [1.54, 1.807) is 7.05 Å². The Balaban J connectivity index is 2.24. The first-order chi connectivity index (χ1) is 9.52. The van der Waals surface area contributed by atoms with Gasteiger partial charge in [0.05, 0.1) is 0 Å². The van der Waals surface area contributed by atoms with E-state index in [4.69, 9.17) is 5.73 Å². The largest absolute Gasteiger partial charge is 0.382 e. The highest BCUT2D eigenvalue weighted by atomic mass is 32.1. The highest BCUT2D eigenvalue weighted by Gasteiger charge is 2.20. The van der Waals surface area contributed by atoms with Crippen LogP contribution in [-0.2, 0) is 0 Å². The van der Waals surface area contributed by atoms with E-state index in [0.717, 1.165) is 0 Å². The van der Waals surface area contributed by atoms with Crippen LogP contribution >= 0.6 is 11.3 Å². The zero-order chi connectivity index (χ0) is 14.7. The van der Waals surface area contributed by atoms with Gasteiger partial charge in [0, 0.05) is 19.3 Å². The fraction of sp³-hybridized carbons (Fsp3) is 0.231. The highest BCUT2D eigenvalue weighted by Crippen LogP contribution is 2.27. The molecule has 0 spiro atoms. The molecule has 7 heteroatoms. The number of benzene rings is 1. The zero-order valence-corrected chi connectivity index (χ0v) is 12.0. The molecule has 0 unspecified atom stereocenters. The molecule has 1 amide bonds. The minimum Gasteiger partial charge on any atom is -0.382 e. The second-order valence-corrected chi connectivity index (χ2v) is 5.10. The standard InChI is InChI=1S/C13H15FN4OS/c1-3-16-13-17-11(15)10(20-13)12(19)18(2)9-6-4-8(14)5-7-9/h4-7H,3,15H2,1-2H3,(H,16,17). The average Bonchev–Trinajstić information content (AvgIpc) is 2.79. The van der Waals surface area contributed by atoms with Gasteiger partial charge in [0.1, 0.15) is 16.5 Å². The van der Waals surface area contributed by atoms with Crippen LogP contribution in [0.25, 0.3) is 0 Å². The number of hydrogen-bond acceptors (Lipinski definition) is 5. The van der Waals surface area contributed by atoms with Crippen molar-refractivity contribution in [1.29, 1.82) is 0 Å². The summed E-state index contributed by atoms with van der Waals surface area (Å²) in [7, 11) is 1.61. The number of halogens is 1. The molecule has 0 aliphatic rings. The number of nitrogens with two attached hydrogens (primary N) is 1. The number of carbonyl (C=O) groups is 1. The normalized spacial score (nSPS) is 10.3. The number of nitrogens with zero attached hydrogens (tertiary/aromatic N) is 2.